The second-order valence-electron chi connectivity index (χ2n) is 21.0. The highest BCUT2D eigenvalue weighted by Gasteiger charge is 2.45. The molecule has 406 valence electrons. The first kappa shape index (κ1) is 54.6. The molecule has 77 heavy (non-hydrogen) atoms. The fourth-order valence-corrected chi connectivity index (χ4v) is 11.5. The van der Waals surface area contributed by atoms with Crippen molar-refractivity contribution in [3.63, 3.8) is 0 Å². The number of anilines is 3. The summed E-state index contributed by atoms with van der Waals surface area (Å²) in [4.78, 5) is 96.4. The number of hydrogen-bond acceptors (Lipinski definition) is 17. The summed E-state index contributed by atoms with van der Waals surface area (Å²) in [5, 5.41) is 22.8. The fraction of sp³-hybridized carbons (Fsp3) is 0.455. The maximum absolute atomic E-state index is 14.2. The topological polar surface area (TPSA) is 246 Å². The van der Waals surface area contributed by atoms with E-state index in [1.807, 2.05) is 93.6 Å². The summed E-state index contributed by atoms with van der Waals surface area (Å²) in [5.41, 5.74) is 7.67. The van der Waals surface area contributed by atoms with Crippen LogP contribution >= 0.6 is 22.7 Å². The van der Waals surface area contributed by atoms with E-state index in [2.05, 4.69) is 51.1 Å². The molecule has 2 aliphatic heterocycles. The van der Waals surface area contributed by atoms with E-state index in [-0.39, 0.29) is 43.8 Å². The Morgan fingerprint density at radius 3 is 2.27 bits per heavy atom. The van der Waals surface area contributed by atoms with Gasteiger partial charge in [-0.3, -0.25) is 34.4 Å². The molecule has 9 rings (SSSR count). The molecule has 2 aromatic carbocycles. The van der Waals surface area contributed by atoms with E-state index in [1.165, 1.54) is 35.1 Å². The molecule has 22 heteroatoms. The fourth-order valence-electron chi connectivity index (χ4n) is 9.75. The SMILES string of the molecule is Cc1ncc(-c2ccc3nc(NC(=O)CN4CCN(c5ncc(OC(C)C(=O)N[C@H](C(=O)N6C[C@H](O)C[C@H]6C(=O)NCc6ccc(-c7scnc7C)cc6)C(C)(C)C)cn5)CC4)sc3c2)cc1NC(=O)OC1CCCCC1. The molecule has 4 atom stereocenters. The number of pyridine rings is 1. The minimum absolute atomic E-state index is 0.0482. The number of aliphatic hydroxyl groups is 1. The minimum atomic E-state index is -1.04. The number of amides is 5. The Labute approximate surface area is 455 Å². The summed E-state index contributed by atoms with van der Waals surface area (Å²) in [7, 11) is 0. The van der Waals surface area contributed by atoms with Gasteiger partial charge in [-0.05, 0) is 86.8 Å². The maximum atomic E-state index is 14.2. The van der Waals surface area contributed by atoms with Crippen molar-refractivity contribution in [2.45, 2.75) is 117 Å². The second kappa shape index (κ2) is 24.0. The maximum Gasteiger partial charge on any atom is 0.411 e. The molecule has 0 bridgehead atoms. The largest absolute Gasteiger partial charge is 0.478 e. The molecular weight excluding hydrogens is 1020 g/mol. The zero-order valence-electron chi connectivity index (χ0n) is 44.2. The van der Waals surface area contributed by atoms with Gasteiger partial charge in [-0.15, -0.1) is 11.3 Å². The smallest absolute Gasteiger partial charge is 0.411 e. The van der Waals surface area contributed by atoms with Crippen LogP contribution in [0, 0.1) is 19.3 Å². The highest BCUT2D eigenvalue weighted by Crippen LogP contribution is 2.33. The molecule has 5 amide bonds. The van der Waals surface area contributed by atoms with Crippen molar-refractivity contribution in [1.29, 1.82) is 0 Å². The van der Waals surface area contributed by atoms with Gasteiger partial charge in [-0.1, -0.05) is 68.9 Å². The number of nitrogens with one attached hydrogen (secondary N) is 4. The van der Waals surface area contributed by atoms with Crippen molar-refractivity contribution >= 4 is 79.4 Å². The average molecular weight is 1090 g/mol. The quantitative estimate of drug-likeness (QED) is 0.0648. The van der Waals surface area contributed by atoms with Crippen LogP contribution < -0.4 is 30.9 Å². The lowest BCUT2D eigenvalue weighted by molar-refractivity contribution is -0.145. The third kappa shape index (κ3) is 13.7. The molecule has 3 aliphatic rings. The van der Waals surface area contributed by atoms with Crippen LogP contribution in [-0.2, 0) is 30.5 Å². The number of rotatable bonds is 16. The van der Waals surface area contributed by atoms with Crippen LogP contribution in [0.15, 0.2) is 72.6 Å². The number of hydrogen-bond donors (Lipinski definition) is 5. The van der Waals surface area contributed by atoms with Crippen LogP contribution in [0.25, 0.3) is 31.8 Å². The minimum Gasteiger partial charge on any atom is -0.478 e. The van der Waals surface area contributed by atoms with E-state index in [9.17, 15) is 29.1 Å². The molecule has 6 heterocycles. The number of aliphatic hydroxyl groups excluding tert-OH is 1. The number of aromatic nitrogens is 5. The van der Waals surface area contributed by atoms with Gasteiger partial charge in [0, 0.05) is 57.4 Å². The van der Waals surface area contributed by atoms with Crippen molar-refractivity contribution < 1.29 is 38.6 Å². The Bertz CT molecular complexity index is 3080. The van der Waals surface area contributed by atoms with Gasteiger partial charge >= 0.3 is 6.09 Å². The summed E-state index contributed by atoms with van der Waals surface area (Å²) in [6.45, 7) is 13.5. The number of carbonyl (C=O) groups excluding carboxylic acids is 5. The zero-order chi connectivity index (χ0) is 54.4. The monoisotopic (exact) mass is 1090 g/mol. The highest BCUT2D eigenvalue weighted by molar-refractivity contribution is 7.22. The van der Waals surface area contributed by atoms with E-state index in [0.29, 0.717) is 48.6 Å². The van der Waals surface area contributed by atoms with Crippen molar-refractivity contribution in [1.82, 2.24) is 45.4 Å². The van der Waals surface area contributed by atoms with Crippen molar-refractivity contribution in [3.05, 3.63) is 89.6 Å². The summed E-state index contributed by atoms with van der Waals surface area (Å²) in [5.74, 6) is -0.867. The standard InChI is InChI=1S/C55H66N12O8S2/c1-32-43(62-54(73)75-40-10-8-7-9-11-40)22-38(26-56-32)37-16-17-42-45(23-37)77-53(61-42)63-46(69)30-65-18-20-66(21-19-65)52-58-27-41(28-59-52)74-34(3)49(70)64-48(55(4,5)6)51(72)67-29-39(68)24-44(67)50(71)57-25-35-12-14-36(15-13-35)47-33(2)60-31-76-47/h12-17,22-23,26-28,31,34,39-40,44,48,68H,7-11,18-21,24-25,29-30H2,1-6H3,(H,57,71)(H,62,73)(H,64,70)(H,61,63,69)/t34?,39-,44+,48-/m1/s1. The predicted octanol–water partition coefficient (Wildman–Crippen LogP) is 7.11. The van der Waals surface area contributed by atoms with Gasteiger partial charge in [0.15, 0.2) is 17.0 Å². The summed E-state index contributed by atoms with van der Waals surface area (Å²) < 4.78 is 12.5. The van der Waals surface area contributed by atoms with Crippen LogP contribution in [0.2, 0.25) is 0 Å². The average Bonchev–Trinajstić information content (AvgIpc) is 4.16. The van der Waals surface area contributed by atoms with Gasteiger partial charge in [-0.25, -0.2) is 24.7 Å². The molecule has 1 unspecified atom stereocenters. The number of nitrogens with zero attached hydrogens (tertiary/aromatic N) is 8. The van der Waals surface area contributed by atoms with E-state index in [4.69, 9.17) is 9.47 Å². The number of fused-ring (bicyclic) bond motifs is 1. The molecule has 0 radical (unpaired) electrons. The van der Waals surface area contributed by atoms with Crippen LogP contribution in [0.5, 0.6) is 5.75 Å². The molecule has 1 aliphatic carbocycles. The van der Waals surface area contributed by atoms with Gasteiger partial charge in [0.05, 0.1) is 62.7 Å². The van der Waals surface area contributed by atoms with Crippen molar-refractivity contribution in [2.75, 3.05) is 54.8 Å². The van der Waals surface area contributed by atoms with Crippen molar-refractivity contribution in [2.24, 2.45) is 5.41 Å². The van der Waals surface area contributed by atoms with Gasteiger partial charge in [0.25, 0.3) is 5.91 Å². The number of piperazine rings is 1. The summed E-state index contributed by atoms with van der Waals surface area (Å²) >= 11 is 2.95. The van der Waals surface area contributed by atoms with Crippen LogP contribution in [0.1, 0.15) is 83.2 Å². The Balaban J connectivity index is 0.721. The Morgan fingerprint density at radius 1 is 0.844 bits per heavy atom. The molecule has 5 N–H and O–H groups in total. The Hall–Kier alpha value is -7.14. The van der Waals surface area contributed by atoms with Crippen molar-refractivity contribution in [3.8, 4) is 27.3 Å². The first-order chi connectivity index (χ1) is 36.9. The van der Waals surface area contributed by atoms with E-state index in [1.54, 1.807) is 24.5 Å². The molecule has 4 aromatic heterocycles. The van der Waals surface area contributed by atoms with Crippen LogP contribution in [-0.4, -0.2) is 139 Å². The third-order valence-electron chi connectivity index (χ3n) is 14.1. The zero-order valence-corrected chi connectivity index (χ0v) is 45.8. The normalized spacial score (nSPS) is 18.1. The van der Waals surface area contributed by atoms with Crippen LogP contribution in [0.3, 0.4) is 0 Å². The van der Waals surface area contributed by atoms with E-state index >= 15 is 0 Å². The molecule has 3 fully saturated rings. The van der Waals surface area contributed by atoms with Gasteiger partial charge < -0.3 is 40.3 Å². The number of thiazole rings is 2. The lowest BCUT2D eigenvalue weighted by Gasteiger charge is -2.35. The van der Waals surface area contributed by atoms with Gasteiger partial charge in [0.1, 0.15) is 18.2 Å². The first-order valence-corrected chi connectivity index (χ1v) is 27.8. The molecule has 20 nitrogen and oxygen atoms in total. The Morgan fingerprint density at radius 2 is 1.57 bits per heavy atom. The summed E-state index contributed by atoms with van der Waals surface area (Å²) in [6, 6.07) is 13.6. The molecule has 6 aromatic rings. The van der Waals surface area contributed by atoms with E-state index in [0.717, 1.165) is 68.7 Å². The number of benzene rings is 2. The highest BCUT2D eigenvalue weighted by atomic mass is 32.1. The third-order valence-corrected chi connectivity index (χ3v) is 16.0. The van der Waals surface area contributed by atoms with E-state index < -0.39 is 53.5 Å². The number of likely N-dealkylation sites (tertiary alicyclic amines) is 1. The first-order valence-electron chi connectivity index (χ1n) is 26.1. The summed E-state index contributed by atoms with van der Waals surface area (Å²) in [6.07, 6.45) is 7.45. The van der Waals surface area contributed by atoms with Gasteiger partial charge in [0.2, 0.25) is 23.7 Å². The molecule has 1 saturated carbocycles. The molecule has 2 saturated heterocycles. The number of ether oxygens (including phenoxy) is 2. The van der Waals surface area contributed by atoms with Crippen LogP contribution in [0.4, 0.5) is 21.6 Å². The number of β-amino-alcohol motifs (C(OH)–C–C–N with tert-alkyl or cyclic N) is 1. The predicted molar refractivity (Wildman–Crippen MR) is 296 cm³/mol. The lowest BCUT2D eigenvalue weighted by Crippen LogP contribution is -2.59. The number of aryl methyl sites for hydroxylation is 2. The second-order valence-corrected chi connectivity index (χ2v) is 22.9. The Kier molecular flexibility index (Phi) is 17.1. The lowest BCUT2D eigenvalue weighted by atomic mass is 9.85. The molecule has 0 spiro atoms. The number of carbonyl (C=O) groups is 5. The molecular formula is C55H66N12O8S2. The van der Waals surface area contributed by atoms with Gasteiger partial charge in [-0.2, -0.15) is 0 Å².